The third-order valence-electron chi connectivity index (χ3n) is 1.95. The molecule has 0 radical (unpaired) electrons. The first-order valence-electron chi connectivity index (χ1n) is 4.49. The Bertz CT molecular complexity index is 368. The minimum atomic E-state index is -1.12. The van der Waals surface area contributed by atoms with E-state index in [0.717, 1.165) is 5.56 Å². The van der Waals surface area contributed by atoms with Crippen molar-refractivity contribution in [3.05, 3.63) is 29.6 Å². The molecule has 0 saturated carbocycles. The summed E-state index contributed by atoms with van der Waals surface area (Å²) >= 11 is 0. The first-order chi connectivity index (χ1) is 7.00. The number of rotatable bonds is 4. The van der Waals surface area contributed by atoms with Crippen LogP contribution in [0.15, 0.2) is 18.2 Å². The number of halogens is 1. The SMILES string of the molecule is Cc1ccc(NCC(N)C(=O)O)c(F)c1. The van der Waals surface area contributed by atoms with Crippen molar-refractivity contribution in [2.75, 3.05) is 11.9 Å². The molecule has 82 valence electrons. The number of aliphatic carboxylic acids is 1. The Hall–Kier alpha value is -1.62. The van der Waals surface area contributed by atoms with Gasteiger partial charge in [-0.15, -0.1) is 0 Å². The van der Waals surface area contributed by atoms with Crippen LogP contribution >= 0.6 is 0 Å². The Morgan fingerprint density at radius 1 is 1.67 bits per heavy atom. The van der Waals surface area contributed by atoms with Crippen LogP contribution in [0, 0.1) is 12.7 Å². The highest BCUT2D eigenvalue weighted by molar-refractivity contribution is 5.74. The molecule has 0 heterocycles. The lowest BCUT2D eigenvalue weighted by Crippen LogP contribution is -2.37. The molecule has 1 atom stereocenters. The highest BCUT2D eigenvalue weighted by Gasteiger charge is 2.11. The van der Waals surface area contributed by atoms with Crippen LogP contribution in [0.1, 0.15) is 5.56 Å². The maximum Gasteiger partial charge on any atom is 0.322 e. The fourth-order valence-electron chi connectivity index (χ4n) is 1.07. The Kier molecular flexibility index (Phi) is 3.62. The number of aryl methyl sites for hydroxylation is 1. The predicted molar refractivity (Wildman–Crippen MR) is 55.2 cm³/mol. The second kappa shape index (κ2) is 4.75. The van der Waals surface area contributed by atoms with Gasteiger partial charge in [0.2, 0.25) is 0 Å². The van der Waals surface area contributed by atoms with Crippen LogP contribution < -0.4 is 11.1 Å². The minimum absolute atomic E-state index is 0.00465. The Labute approximate surface area is 86.9 Å². The summed E-state index contributed by atoms with van der Waals surface area (Å²) in [5, 5.41) is 11.2. The minimum Gasteiger partial charge on any atom is -0.480 e. The van der Waals surface area contributed by atoms with Crippen LogP contribution in [-0.4, -0.2) is 23.7 Å². The van der Waals surface area contributed by atoms with Crippen LogP contribution in [-0.2, 0) is 4.79 Å². The molecule has 0 spiro atoms. The van der Waals surface area contributed by atoms with E-state index >= 15 is 0 Å². The normalized spacial score (nSPS) is 12.2. The van der Waals surface area contributed by atoms with Crippen LogP contribution in [0.2, 0.25) is 0 Å². The van der Waals surface area contributed by atoms with Crippen molar-refractivity contribution >= 4 is 11.7 Å². The summed E-state index contributed by atoms with van der Waals surface area (Å²) < 4.78 is 13.3. The lowest BCUT2D eigenvalue weighted by molar-refractivity contribution is -0.138. The number of nitrogens with one attached hydrogen (secondary N) is 1. The molecule has 0 aromatic heterocycles. The van der Waals surface area contributed by atoms with Gasteiger partial charge in [-0.3, -0.25) is 4.79 Å². The number of carboxylic acids is 1. The number of nitrogens with two attached hydrogens (primary N) is 1. The van der Waals surface area contributed by atoms with Gasteiger partial charge in [0.05, 0.1) is 5.69 Å². The van der Waals surface area contributed by atoms with Gasteiger partial charge >= 0.3 is 5.97 Å². The summed E-state index contributed by atoms with van der Waals surface area (Å²) in [6.07, 6.45) is 0. The number of benzene rings is 1. The molecule has 15 heavy (non-hydrogen) atoms. The van der Waals surface area contributed by atoms with E-state index in [-0.39, 0.29) is 12.2 Å². The van der Waals surface area contributed by atoms with Crippen LogP contribution in [0.4, 0.5) is 10.1 Å². The van der Waals surface area contributed by atoms with Crippen molar-refractivity contribution in [3.8, 4) is 0 Å². The monoisotopic (exact) mass is 212 g/mol. The molecule has 1 aromatic rings. The molecule has 1 rings (SSSR count). The quantitative estimate of drug-likeness (QED) is 0.694. The van der Waals surface area contributed by atoms with E-state index in [1.54, 1.807) is 19.1 Å². The molecule has 0 bridgehead atoms. The van der Waals surface area contributed by atoms with Gasteiger partial charge in [0, 0.05) is 6.54 Å². The Balaban J connectivity index is 2.62. The van der Waals surface area contributed by atoms with E-state index in [9.17, 15) is 9.18 Å². The van der Waals surface area contributed by atoms with E-state index in [1.807, 2.05) is 0 Å². The second-order valence-electron chi connectivity index (χ2n) is 3.31. The zero-order valence-electron chi connectivity index (χ0n) is 8.33. The first-order valence-corrected chi connectivity index (χ1v) is 4.49. The van der Waals surface area contributed by atoms with E-state index in [2.05, 4.69) is 5.32 Å². The van der Waals surface area contributed by atoms with Crippen molar-refractivity contribution in [3.63, 3.8) is 0 Å². The highest BCUT2D eigenvalue weighted by atomic mass is 19.1. The summed E-state index contributed by atoms with van der Waals surface area (Å²) in [5.74, 6) is -1.53. The highest BCUT2D eigenvalue weighted by Crippen LogP contribution is 2.14. The van der Waals surface area contributed by atoms with Gasteiger partial charge in [-0.05, 0) is 24.6 Å². The lowest BCUT2D eigenvalue weighted by atomic mass is 10.2. The summed E-state index contributed by atoms with van der Waals surface area (Å²) in [5.41, 5.74) is 6.33. The summed E-state index contributed by atoms with van der Waals surface area (Å²) in [7, 11) is 0. The molecule has 1 aromatic carbocycles. The smallest absolute Gasteiger partial charge is 0.322 e. The summed E-state index contributed by atoms with van der Waals surface area (Å²) in [4.78, 5) is 10.4. The van der Waals surface area contributed by atoms with Crippen molar-refractivity contribution < 1.29 is 14.3 Å². The Morgan fingerprint density at radius 2 is 2.33 bits per heavy atom. The van der Waals surface area contributed by atoms with E-state index in [0.29, 0.717) is 0 Å². The van der Waals surface area contributed by atoms with E-state index < -0.39 is 17.8 Å². The van der Waals surface area contributed by atoms with Crippen LogP contribution in [0.3, 0.4) is 0 Å². The standard InChI is InChI=1S/C10H13FN2O2/c1-6-2-3-9(7(11)4-6)13-5-8(12)10(14)15/h2-4,8,13H,5,12H2,1H3,(H,14,15). The fraction of sp³-hybridized carbons (Fsp3) is 0.300. The third-order valence-corrected chi connectivity index (χ3v) is 1.95. The number of hydrogen-bond acceptors (Lipinski definition) is 3. The molecule has 0 aliphatic heterocycles. The zero-order chi connectivity index (χ0) is 11.4. The average Bonchev–Trinajstić information content (AvgIpc) is 2.15. The molecule has 0 aliphatic rings. The van der Waals surface area contributed by atoms with Crippen LogP contribution in [0.25, 0.3) is 0 Å². The first kappa shape index (κ1) is 11.5. The maximum atomic E-state index is 13.3. The number of carboxylic acid groups (broad SMARTS) is 1. The van der Waals surface area contributed by atoms with Crippen LogP contribution in [0.5, 0.6) is 0 Å². The van der Waals surface area contributed by atoms with Gasteiger partial charge in [-0.2, -0.15) is 0 Å². The number of carbonyl (C=O) groups is 1. The number of hydrogen-bond donors (Lipinski definition) is 3. The van der Waals surface area contributed by atoms with Crippen molar-refractivity contribution in [1.82, 2.24) is 0 Å². The average molecular weight is 212 g/mol. The van der Waals surface area contributed by atoms with Gasteiger partial charge in [0.1, 0.15) is 11.9 Å². The van der Waals surface area contributed by atoms with Gasteiger partial charge in [-0.1, -0.05) is 6.07 Å². The largest absolute Gasteiger partial charge is 0.480 e. The van der Waals surface area contributed by atoms with Crippen molar-refractivity contribution in [2.45, 2.75) is 13.0 Å². The number of anilines is 1. The molecule has 0 amide bonds. The maximum absolute atomic E-state index is 13.3. The molecule has 0 aliphatic carbocycles. The Morgan fingerprint density at radius 3 is 2.87 bits per heavy atom. The zero-order valence-corrected chi connectivity index (χ0v) is 8.33. The second-order valence-corrected chi connectivity index (χ2v) is 3.31. The van der Waals surface area contributed by atoms with Crippen molar-refractivity contribution in [2.24, 2.45) is 5.73 Å². The topological polar surface area (TPSA) is 75.3 Å². The fourth-order valence-corrected chi connectivity index (χ4v) is 1.07. The molecule has 0 fully saturated rings. The summed E-state index contributed by atoms with van der Waals surface area (Å²) in [6.45, 7) is 1.77. The molecule has 5 heteroatoms. The lowest BCUT2D eigenvalue weighted by Gasteiger charge is -2.10. The predicted octanol–water partition coefficient (Wildman–Crippen LogP) is 0.958. The molecule has 4 nitrogen and oxygen atoms in total. The van der Waals surface area contributed by atoms with E-state index in [4.69, 9.17) is 10.8 Å². The molecule has 1 unspecified atom stereocenters. The van der Waals surface area contributed by atoms with Crippen molar-refractivity contribution in [1.29, 1.82) is 0 Å². The van der Waals surface area contributed by atoms with Gasteiger partial charge in [0.15, 0.2) is 0 Å². The summed E-state index contributed by atoms with van der Waals surface area (Å²) in [6, 6.07) is 3.62. The molecular formula is C10H13FN2O2. The van der Waals surface area contributed by atoms with Gasteiger partial charge in [0.25, 0.3) is 0 Å². The third kappa shape index (κ3) is 3.21. The molecule has 0 saturated heterocycles. The molecule has 4 N–H and O–H groups in total. The van der Waals surface area contributed by atoms with E-state index in [1.165, 1.54) is 6.07 Å². The molecular weight excluding hydrogens is 199 g/mol. The van der Waals surface area contributed by atoms with Gasteiger partial charge in [-0.25, -0.2) is 4.39 Å². The van der Waals surface area contributed by atoms with Gasteiger partial charge < -0.3 is 16.2 Å².